The Kier molecular flexibility index (Phi) is 8.46. The van der Waals surface area contributed by atoms with Crippen LogP contribution in [0.25, 0.3) is 0 Å². The summed E-state index contributed by atoms with van der Waals surface area (Å²) in [5.74, 6) is 2.38. The quantitative estimate of drug-likeness (QED) is 0.482. The van der Waals surface area contributed by atoms with E-state index in [-0.39, 0.29) is 0 Å². The first kappa shape index (κ1) is 21.0. The molecule has 4 heteroatoms. The Morgan fingerprint density at radius 2 is 1.28 bits per heavy atom. The van der Waals surface area contributed by atoms with Crippen LogP contribution in [-0.4, -0.2) is 10.5 Å². The molecule has 0 saturated heterocycles. The molecule has 25 heavy (non-hydrogen) atoms. The van der Waals surface area contributed by atoms with Gasteiger partial charge in [-0.05, 0) is 47.1 Å². The van der Waals surface area contributed by atoms with Gasteiger partial charge in [0.05, 0.1) is 0 Å². The van der Waals surface area contributed by atoms with Crippen molar-refractivity contribution in [2.24, 2.45) is 0 Å². The summed E-state index contributed by atoms with van der Waals surface area (Å²) >= 11 is 0. The van der Waals surface area contributed by atoms with E-state index in [2.05, 4.69) is 57.4 Å². The second-order valence-electron chi connectivity index (χ2n) is 6.97. The summed E-state index contributed by atoms with van der Waals surface area (Å²) in [6, 6.07) is 13.2. The fourth-order valence-corrected chi connectivity index (χ4v) is 2.68. The molecule has 0 amide bonds. The topological polar surface area (TPSA) is 58.9 Å². The van der Waals surface area contributed by atoms with Gasteiger partial charge in [0.1, 0.15) is 0 Å². The maximum atomic E-state index is 8.77. The fourth-order valence-electron chi connectivity index (χ4n) is 2.68. The van der Waals surface area contributed by atoms with Crippen molar-refractivity contribution in [3.05, 3.63) is 59.2 Å². The van der Waals surface area contributed by atoms with Crippen LogP contribution in [0.4, 0.5) is 0 Å². The molecule has 0 saturated carbocycles. The molecular formula is C21H30O4. The molecule has 4 nitrogen and oxygen atoms in total. The molecule has 0 fully saturated rings. The van der Waals surface area contributed by atoms with Crippen molar-refractivity contribution in [1.29, 1.82) is 0 Å². The summed E-state index contributed by atoms with van der Waals surface area (Å²) in [5.41, 5.74) is 3.59. The molecule has 0 bridgehead atoms. The molecule has 0 aliphatic heterocycles. The van der Waals surface area contributed by atoms with Gasteiger partial charge in [-0.2, -0.15) is 0 Å². The minimum Gasteiger partial charge on any atom is -0.340 e. The van der Waals surface area contributed by atoms with Gasteiger partial charge >= 0.3 is 0 Å². The van der Waals surface area contributed by atoms with E-state index in [0.717, 1.165) is 5.56 Å². The highest BCUT2D eigenvalue weighted by molar-refractivity contribution is 5.43. The van der Waals surface area contributed by atoms with Gasteiger partial charge in [0.15, 0.2) is 11.5 Å². The summed E-state index contributed by atoms with van der Waals surface area (Å²) in [4.78, 5) is 8.45. The van der Waals surface area contributed by atoms with E-state index in [1.807, 2.05) is 18.2 Å². The Labute approximate surface area is 150 Å². The van der Waals surface area contributed by atoms with Crippen LogP contribution in [0.5, 0.6) is 11.5 Å². The first-order valence-electron chi connectivity index (χ1n) is 8.67. The zero-order valence-corrected chi connectivity index (χ0v) is 16.0. The first-order chi connectivity index (χ1) is 11.8. The molecule has 0 spiro atoms. The lowest BCUT2D eigenvalue weighted by Gasteiger charge is -2.17. The van der Waals surface area contributed by atoms with Crippen molar-refractivity contribution in [1.82, 2.24) is 0 Å². The molecule has 2 rings (SSSR count). The van der Waals surface area contributed by atoms with Crippen molar-refractivity contribution in [3.63, 3.8) is 0 Å². The van der Waals surface area contributed by atoms with Gasteiger partial charge in [0, 0.05) is 5.56 Å². The Morgan fingerprint density at radius 3 is 1.68 bits per heavy atom. The number of benzene rings is 2. The summed E-state index contributed by atoms with van der Waals surface area (Å²) in [6.45, 7) is 12.7. The average Bonchev–Trinajstić information content (AvgIpc) is 2.61. The number of hydrogen-bond acceptors (Lipinski definition) is 4. The molecule has 0 aromatic heterocycles. The molecule has 2 N–H and O–H groups in total. The summed E-state index contributed by atoms with van der Waals surface area (Å²) in [5, 5.41) is 17.0. The maximum Gasteiger partial charge on any atom is 0.168 e. The van der Waals surface area contributed by atoms with Crippen molar-refractivity contribution >= 4 is 0 Å². The van der Waals surface area contributed by atoms with E-state index in [1.54, 1.807) is 18.2 Å². The highest BCUT2D eigenvalue weighted by atomic mass is 17.1. The molecule has 0 unspecified atom stereocenters. The molecular weight excluding hydrogens is 316 g/mol. The average molecular weight is 346 g/mol. The fraction of sp³-hybridized carbons (Fsp3) is 0.429. The standard InChI is InChI=1S/C12H18O2.C9H12O2/c1-8(2)10-6-5-7-11(14-13)12(10)9(3)4;1-7(2)8-3-5-9(11-10)6-4-8/h5-9,13H,1-4H3;3-7,10H,1-2H3. The van der Waals surface area contributed by atoms with Gasteiger partial charge in [-0.15, -0.1) is 0 Å². The maximum absolute atomic E-state index is 8.77. The Bertz CT molecular complexity index is 631. The number of rotatable bonds is 5. The molecule has 0 heterocycles. The second-order valence-corrected chi connectivity index (χ2v) is 6.97. The van der Waals surface area contributed by atoms with Crippen LogP contribution in [0, 0.1) is 0 Å². The van der Waals surface area contributed by atoms with Crippen LogP contribution in [0.15, 0.2) is 42.5 Å². The third-order valence-corrected chi connectivity index (χ3v) is 4.05. The lowest BCUT2D eigenvalue weighted by Crippen LogP contribution is -2.01. The summed E-state index contributed by atoms with van der Waals surface area (Å²) in [6.07, 6.45) is 0. The van der Waals surface area contributed by atoms with E-state index in [0.29, 0.717) is 29.3 Å². The third-order valence-electron chi connectivity index (χ3n) is 4.05. The predicted molar refractivity (Wildman–Crippen MR) is 102 cm³/mol. The molecule has 2 aromatic rings. The van der Waals surface area contributed by atoms with Crippen LogP contribution in [0.1, 0.15) is 76.0 Å². The zero-order chi connectivity index (χ0) is 19.0. The van der Waals surface area contributed by atoms with E-state index in [1.165, 1.54) is 11.1 Å². The minimum atomic E-state index is 0.357. The Morgan fingerprint density at radius 1 is 0.680 bits per heavy atom. The SMILES string of the molecule is CC(C)c1ccc(OO)cc1.CC(C)c1cccc(OO)c1C(C)C. The van der Waals surface area contributed by atoms with Crippen LogP contribution in [-0.2, 0) is 0 Å². The number of hydrogen-bond donors (Lipinski definition) is 2. The van der Waals surface area contributed by atoms with Crippen LogP contribution >= 0.6 is 0 Å². The van der Waals surface area contributed by atoms with Gasteiger partial charge in [0.2, 0.25) is 0 Å². The van der Waals surface area contributed by atoms with E-state index >= 15 is 0 Å². The van der Waals surface area contributed by atoms with Gasteiger partial charge in [-0.25, -0.2) is 10.5 Å². The highest BCUT2D eigenvalue weighted by Gasteiger charge is 2.15. The van der Waals surface area contributed by atoms with Gasteiger partial charge in [0.25, 0.3) is 0 Å². The zero-order valence-electron chi connectivity index (χ0n) is 16.0. The summed E-state index contributed by atoms with van der Waals surface area (Å²) in [7, 11) is 0. The monoisotopic (exact) mass is 346 g/mol. The van der Waals surface area contributed by atoms with Crippen LogP contribution < -0.4 is 9.78 Å². The minimum absolute atomic E-state index is 0.357. The highest BCUT2D eigenvalue weighted by Crippen LogP contribution is 2.33. The van der Waals surface area contributed by atoms with E-state index in [9.17, 15) is 0 Å². The van der Waals surface area contributed by atoms with Gasteiger partial charge < -0.3 is 9.78 Å². The third kappa shape index (κ3) is 6.07. The Hall–Kier alpha value is -2.04. The van der Waals surface area contributed by atoms with Crippen molar-refractivity contribution in [2.45, 2.75) is 59.3 Å². The molecule has 0 atom stereocenters. The molecule has 2 aromatic carbocycles. The summed E-state index contributed by atoms with van der Waals surface area (Å²) < 4.78 is 0. The molecule has 0 aliphatic carbocycles. The van der Waals surface area contributed by atoms with Crippen molar-refractivity contribution in [2.75, 3.05) is 0 Å². The van der Waals surface area contributed by atoms with Crippen molar-refractivity contribution in [3.8, 4) is 11.5 Å². The lowest BCUT2D eigenvalue weighted by atomic mass is 9.90. The van der Waals surface area contributed by atoms with Gasteiger partial charge in [-0.3, -0.25) is 0 Å². The lowest BCUT2D eigenvalue weighted by molar-refractivity contribution is -0.138. The van der Waals surface area contributed by atoms with Crippen LogP contribution in [0.3, 0.4) is 0 Å². The molecule has 138 valence electrons. The van der Waals surface area contributed by atoms with Crippen LogP contribution in [0.2, 0.25) is 0 Å². The first-order valence-corrected chi connectivity index (χ1v) is 8.67. The normalized spacial score (nSPS) is 10.7. The Balaban J connectivity index is 0.000000257. The molecule has 0 radical (unpaired) electrons. The molecule has 0 aliphatic rings. The smallest absolute Gasteiger partial charge is 0.168 e. The van der Waals surface area contributed by atoms with Gasteiger partial charge in [-0.1, -0.05) is 65.8 Å². The van der Waals surface area contributed by atoms with E-state index < -0.39 is 0 Å². The second kappa shape index (κ2) is 10.1. The largest absolute Gasteiger partial charge is 0.340 e. The van der Waals surface area contributed by atoms with E-state index in [4.69, 9.17) is 10.5 Å². The van der Waals surface area contributed by atoms with Crippen molar-refractivity contribution < 1.29 is 20.3 Å². The predicted octanol–water partition coefficient (Wildman–Crippen LogP) is 6.45.